The lowest BCUT2D eigenvalue weighted by molar-refractivity contribution is 0.00820. The minimum Gasteiger partial charge on any atom is -0.472 e. The summed E-state index contributed by atoms with van der Waals surface area (Å²) in [4.78, 5) is 8.99. The number of rotatable bonds is 7. The predicted molar refractivity (Wildman–Crippen MR) is 89.4 cm³/mol. The van der Waals surface area contributed by atoms with Gasteiger partial charge in [0.25, 0.3) is 0 Å². The molecule has 0 spiro atoms. The molecule has 0 bridgehead atoms. The van der Waals surface area contributed by atoms with E-state index < -0.39 is 0 Å². The fourth-order valence-electron chi connectivity index (χ4n) is 2.74. The standard InChI is InChI=1S/C16H23N3O3S/c1-18(9-15(20)10-19-3-6-21-7-4-19)8-14-12-23-16(17-14)13-2-5-22-11-13/h2,5,11-12,15,20H,3-4,6-10H2,1H3. The molecule has 0 aromatic carbocycles. The molecule has 0 amide bonds. The molecule has 2 aromatic heterocycles. The summed E-state index contributed by atoms with van der Waals surface area (Å²) in [5, 5.41) is 13.3. The Balaban J connectivity index is 1.46. The van der Waals surface area contributed by atoms with E-state index in [1.165, 1.54) is 0 Å². The Labute approximate surface area is 140 Å². The van der Waals surface area contributed by atoms with E-state index >= 15 is 0 Å². The summed E-state index contributed by atoms with van der Waals surface area (Å²) < 4.78 is 10.4. The number of morpholine rings is 1. The van der Waals surface area contributed by atoms with Crippen molar-refractivity contribution in [3.05, 3.63) is 29.7 Å². The highest BCUT2D eigenvalue weighted by Crippen LogP contribution is 2.24. The summed E-state index contributed by atoms with van der Waals surface area (Å²) in [6.45, 7) is 5.40. The molecule has 6 nitrogen and oxygen atoms in total. The molecule has 7 heteroatoms. The molecule has 1 unspecified atom stereocenters. The van der Waals surface area contributed by atoms with Crippen LogP contribution in [0.4, 0.5) is 0 Å². The topological polar surface area (TPSA) is 62.0 Å². The Morgan fingerprint density at radius 1 is 1.43 bits per heavy atom. The SMILES string of the molecule is CN(Cc1csc(-c2ccoc2)n1)CC(O)CN1CCOCC1. The van der Waals surface area contributed by atoms with Gasteiger partial charge in [-0.2, -0.15) is 0 Å². The maximum atomic E-state index is 10.3. The van der Waals surface area contributed by atoms with Crippen LogP contribution in [0.3, 0.4) is 0 Å². The maximum Gasteiger partial charge on any atom is 0.126 e. The molecule has 1 atom stereocenters. The number of thiazole rings is 1. The van der Waals surface area contributed by atoms with Crippen molar-refractivity contribution in [1.29, 1.82) is 0 Å². The van der Waals surface area contributed by atoms with Gasteiger partial charge in [-0.1, -0.05) is 0 Å². The number of β-amino-alcohol motifs (C(OH)–C–C–N with tert-alkyl or cyclic N) is 1. The van der Waals surface area contributed by atoms with Gasteiger partial charge >= 0.3 is 0 Å². The van der Waals surface area contributed by atoms with Crippen LogP contribution in [0.1, 0.15) is 5.69 Å². The van der Waals surface area contributed by atoms with Crippen molar-refractivity contribution in [2.24, 2.45) is 0 Å². The van der Waals surface area contributed by atoms with Crippen LogP contribution in [-0.4, -0.2) is 72.4 Å². The molecule has 1 N–H and O–H groups in total. The molecule has 1 aliphatic rings. The molecule has 1 fully saturated rings. The van der Waals surface area contributed by atoms with E-state index in [1.54, 1.807) is 23.9 Å². The summed E-state index contributed by atoms with van der Waals surface area (Å²) in [5.74, 6) is 0. The van der Waals surface area contributed by atoms with Crippen LogP contribution < -0.4 is 0 Å². The van der Waals surface area contributed by atoms with E-state index in [4.69, 9.17) is 9.15 Å². The van der Waals surface area contributed by atoms with Gasteiger partial charge in [0.1, 0.15) is 11.3 Å². The van der Waals surface area contributed by atoms with Gasteiger partial charge in [0, 0.05) is 43.7 Å². The van der Waals surface area contributed by atoms with Crippen LogP contribution >= 0.6 is 11.3 Å². The van der Waals surface area contributed by atoms with Gasteiger partial charge in [0.2, 0.25) is 0 Å². The molecule has 0 saturated carbocycles. The van der Waals surface area contributed by atoms with Gasteiger partial charge in [-0.3, -0.25) is 9.80 Å². The Hall–Kier alpha value is -1.25. The molecule has 0 radical (unpaired) electrons. The number of aliphatic hydroxyl groups excluding tert-OH is 1. The number of furan rings is 1. The molecule has 23 heavy (non-hydrogen) atoms. The van der Waals surface area contributed by atoms with Crippen molar-refractivity contribution >= 4 is 11.3 Å². The van der Waals surface area contributed by atoms with E-state index in [0.717, 1.165) is 49.1 Å². The highest BCUT2D eigenvalue weighted by Gasteiger charge is 2.17. The number of likely N-dealkylation sites (N-methyl/N-ethyl adjacent to an activating group) is 1. The molecule has 2 aromatic rings. The van der Waals surface area contributed by atoms with Crippen molar-refractivity contribution in [1.82, 2.24) is 14.8 Å². The van der Waals surface area contributed by atoms with Gasteiger partial charge in [0.15, 0.2) is 0 Å². The molecular weight excluding hydrogens is 314 g/mol. The summed E-state index contributed by atoms with van der Waals surface area (Å²) in [7, 11) is 2.01. The van der Waals surface area contributed by atoms with Crippen LogP contribution in [-0.2, 0) is 11.3 Å². The third-order valence-corrected chi connectivity index (χ3v) is 4.79. The number of ether oxygens (including phenoxy) is 1. The monoisotopic (exact) mass is 337 g/mol. The molecule has 0 aliphatic carbocycles. The number of nitrogens with zero attached hydrogens (tertiary/aromatic N) is 3. The normalized spacial score (nSPS) is 17.7. The van der Waals surface area contributed by atoms with Crippen LogP contribution in [0.25, 0.3) is 10.6 Å². The van der Waals surface area contributed by atoms with Crippen molar-refractivity contribution in [3.63, 3.8) is 0 Å². The molecule has 1 aliphatic heterocycles. The van der Waals surface area contributed by atoms with E-state index in [9.17, 15) is 5.11 Å². The van der Waals surface area contributed by atoms with Crippen molar-refractivity contribution < 1.29 is 14.3 Å². The first kappa shape index (κ1) is 16.6. The smallest absolute Gasteiger partial charge is 0.126 e. The first-order valence-corrected chi connectivity index (χ1v) is 8.72. The van der Waals surface area contributed by atoms with Crippen molar-refractivity contribution in [2.45, 2.75) is 12.6 Å². The molecular formula is C16H23N3O3S. The molecule has 3 heterocycles. The fraction of sp³-hybridized carbons (Fsp3) is 0.562. The van der Waals surface area contributed by atoms with Crippen molar-refractivity contribution in [3.8, 4) is 10.6 Å². The van der Waals surface area contributed by atoms with Gasteiger partial charge in [0.05, 0.1) is 31.3 Å². The quantitative estimate of drug-likeness (QED) is 0.827. The number of aromatic nitrogens is 1. The van der Waals surface area contributed by atoms with Gasteiger partial charge < -0.3 is 14.3 Å². The number of aliphatic hydroxyl groups is 1. The number of hydrogen-bond donors (Lipinski definition) is 1. The zero-order chi connectivity index (χ0) is 16.1. The summed E-state index contributed by atoms with van der Waals surface area (Å²) in [5.41, 5.74) is 2.03. The second-order valence-electron chi connectivity index (χ2n) is 5.92. The average Bonchev–Trinajstić information content (AvgIpc) is 3.18. The van der Waals surface area contributed by atoms with Gasteiger partial charge in [-0.15, -0.1) is 11.3 Å². The first-order chi connectivity index (χ1) is 11.2. The lowest BCUT2D eigenvalue weighted by Crippen LogP contribution is -2.43. The minimum atomic E-state index is -0.356. The third kappa shape index (κ3) is 4.86. The number of hydrogen-bond acceptors (Lipinski definition) is 7. The molecule has 1 saturated heterocycles. The fourth-order valence-corrected chi connectivity index (χ4v) is 3.54. The Morgan fingerprint density at radius 3 is 3.00 bits per heavy atom. The second kappa shape index (κ2) is 8.03. The Morgan fingerprint density at radius 2 is 2.26 bits per heavy atom. The van der Waals surface area contributed by atoms with Crippen LogP contribution in [0, 0.1) is 0 Å². The largest absolute Gasteiger partial charge is 0.472 e. The highest BCUT2D eigenvalue weighted by atomic mass is 32.1. The van der Waals surface area contributed by atoms with E-state index in [-0.39, 0.29) is 6.10 Å². The summed E-state index contributed by atoms with van der Waals surface area (Å²) in [6.07, 6.45) is 3.01. The highest BCUT2D eigenvalue weighted by molar-refractivity contribution is 7.13. The Bertz CT molecular complexity index is 581. The van der Waals surface area contributed by atoms with E-state index in [1.807, 2.05) is 13.1 Å². The van der Waals surface area contributed by atoms with Crippen LogP contribution in [0.5, 0.6) is 0 Å². The van der Waals surface area contributed by atoms with Gasteiger partial charge in [-0.25, -0.2) is 4.98 Å². The van der Waals surface area contributed by atoms with Gasteiger partial charge in [-0.05, 0) is 13.1 Å². The second-order valence-corrected chi connectivity index (χ2v) is 6.78. The summed E-state index contributed by atoms with van der Waals surface area (Å²) >= 11 is 1.61. The lowest BCUT2D eigenvalue weighted by atomic mass is 10.2. The van der Waals surface area contributed by atoms with E-state index in [2.05, 4.69) is 20.2 Å². The maximum absolute atomic E-state index is 10.3. The first-order valence-electron chi connectivity index (χ1n) is 7.84. The lowest BCUT2D eigenvalue weighted by Gasteiger charge is -2.29. The summed E-state index contributed by atoms with van der Waals surface area (Å²) in [6, 6.07) is 1.92. The predicted octanol–water partition coefficient (Wildman–Crippen LogP) is 1.53. The zero-order valence-corrected chi connectivity index (χ0v) is 14.2. The molecule has 3 rings (SSSR count). The average molecular weight is 337 g/mol. The third-order valence-electron chi connectivity index (χ3n) is 3.85. The van der Waals surface area contributed by atoms with Crippen LogP contribution in [0.15, 0.2) is 28.4 Å². The van der Waals surface area contributed by atoms with Crippen molar-refractivity contribution in [2.75, 3.05) is 46.4 Å². The minimum absolute atomic E-state index is 0.356. The zero-order valence-electron chi connectivity index (χ0n) is 13.4. The van der Waals surface area contributed by atoms with Crippen LogP contribution in [0.2, 0.25) is 0 Å². The Kier molecular flexibility index (Phi) is 5.80. The molecule has 126 valence electrons. The van der Waals surface area contributed by atoms with E-state index in [0.29, 0.717) is 13.1 Å².